The fraction of sp³-hybridized carbons (Fsp3) is 0.167. The number of hydrogen-bond donors (Lipinski definition) is 2. The quantitative estimate of drug-likeness (QED) is 0.489. The summed E-state index contributed by atoms with van der Waals surface area (Å²) in [6, 6.07) is 12.2. The molecule has 3 rings (SSSR count). The molecule has 2 N–H and O–H groups in total. The molecule has 0 unspecified atom stereocenters. The van der Waals surface area contributed by atoms with Crippen LogP contribution in [0.5, 0.6) is 0 Å². The van der Waals surface area contributed by atoms with E-state index in [0.717, 1.165) is 16.8 Å². The average molecular weight is 417 g/mol. The van der Waals surface area contributed by atoms with Gasteiger partial charge < -0.3 is 0 Å². The van der Waals surface area contributed by atoms with Crippen molar-refractivity contribution in [3.8, 4) is 5.69 Å². The van der Waals surface area contributed by atoms with E-state index in [1.807, 2.05) is 32.0 Å². The zero-order valence-corrected chi connectivity index (χ0v) is 16.7. The molecule has 0 aliphatic heterocycles. The maximum Gasteiger partial charge on any atom is 0.269 e. The molecule has 0 atom stereocenters. The number of nitrogens with zero attached hydrogens (tertiary/aromatic N) is 4. The Morgan fingerprint density at radius 3 is 2.61 bits per heavy atom. The van der Waals surface area contributed by atoms with E-state index in [4.69, 9.17) is 11.6 Å². The van der Waals surface area contributed by atoms with Crippen molar-refractivity contribution in [3.05, 3.63) is 64.2 Å². The van der Waals surface area contributed by atoms with Crippen LogP contribution in [-0.4, -0.2) is 37.8 Å². The molecule has 1 aromatic heterocycles. The number of aryl methyl sites for hydroxylation is 1. The van der Waals surface area contributed by atoms with Crippen LogP contribution in [0.4, 0.5) is 0 Å². The number of nitrogens with one attached hydrogen (secondary N) is 2. The van der Waals surface area contributed by atoms with Gasteiger partial charge in [0.2, 0.25) is 11.1 Å². The molecule has 0 aliphatic rings. The highest BCUT2D eigenvalue weighted by atomic mass is 35.5. The third kappa shape index (κ3) is 4.68. The number of carbonyl (C=O) groups is 2. The molecular formula is C18H17ClN6O2S. The summed E-state index contributed by atoms with van der Waals surface area (Å²) in [5, 5.41) is 12.7. The summed E-state index contributed by atoms with van der Waals surface area (Å²) in [7, 11) is 0. The third-order valence-corrected chi connectivity index (χ3v) is 5.17. The first-order valence-electron chi connectivity index (χ1n) is 8.28. The van der Waals surface area contributed by atoms with Gasteiger partial charge in [0.25, 0.3) is 5.91 Å². The second kappa shape index (κ2) is 8.85. The smallest absolute Gasteiger partial charge is 0.269 e. The Kier molecular flexibility index (Phi) is 6.27. The minimum Gasteiger partial charge on any atom is -0.272 e. The third-order valence-electron chi connectivity index (χ3n) is 4.00. The van der Waals surface area contributed by atoms with Crippen LogP contribution in [0.15, 0.2) is 47.6 Å². The minimum absolute atomic E-state index is 0.0339. The van der Waals surface area contributed by atoms with Crippen molar-refractivity contribution in [1.82, 2.24) is 31.1 Å². The van der Waals surface area contributed by atoms with Crippen LogP contribution in [0.2, 0.25) is 5.02 Å². The van der Waals surface area contributed by atoms with Crippen molar-refractivity contribution < 1.29 is 9.59 Å². The zero-order valence-electron chi connectivity index (χ0n) is 15.1. The van der Waals surface area contributed by atoms with Crippen molar-refractivity contribution in [1.29, 1.82) is 0 Å². The van der Waals surface area contributed by atoms with Gasteiger partial charge in [-0.2, -0.15) is 4.68 Å². The maximum atomic E-state index is 12.1. The summed E-state index contributed by atoms with van der Waals surface area (Å²) < 4.78 is 1.59. The van der Waals surface area contributed by atoms with Crippen molar-refractivity contribution in [2.24, 2.45) is 0 Å². The van der Waals surface area contributed by atoms with Gasteiger partial charge >= 0.3 is 0 Å². The van der Waals surface area contributed by atoms with E-state index in [-0.39, 0.29) is 11.7 Å². The number of hydrogen-bond acceptors (Lipinski definition) is 6. The molecule has 0 saturated carbocycles. The number of hydrazine groups is 1. The highest BCUT2D eigenvalue weighted by Crippen LogP contribution is 2.22. The van der Waals surface area contributed by atoms with Crippen LogP contribution in [0.3, 0.4) is 0 Å². The lowest BCUT2D eigenvalue weighted by Gasteiger charge is -2.10. The standard InChI is InChI=1S/C18H17ClN6O2S/c1-11-4-3-5-15(12(11)2)25-18(22-23-24-25)28-10-16(26)20-21-17(27)13-6-8-14(19)9-7-13/h3-9H,10H2,1-2H3,(H,20,26)(H,21,27). The Hall–Kier alpha value is -2.91. The minimum atomic E-state index is -0.435. The van der Waals surface area contributed by atoms with Gasteiger partial charge in [0.1, 0.15) is 0 Å². The van der Waals surface area contributed by atoms with Crippen LogP contribution in [0.1, 0.15) is 21.5 Å². The molecule has 3 aromatic rings. The van der Waals surface area contributed by atoms with Crippen molar-refractivity contribution in [2.75, 3.05) is 5.75 Å². The first kappa shape index (κ1) is 19.8. The van der Waals surface area contributed by atoms with Gasteiger partial charge in [-0.3, -0.25) is 20.4 Å². The molecule has 28 heavy (non-hydrogen) atoms. The second-order valence-corrected chi connectivity index (χ2v) is 7.27. The second-order valence-electron chi connectivity index (χ2n) is 5.89. The normalized spacial score (nSPS) is 10.5. The van der Waals surface area contributed by atoms with E-state index >= 15 is 0 Å². The first-order chi connectivity index (χ1) is 13.5. The molecule has 10 heteroatoms. The van der Waals surface area contributed by atoms with Crippen LogP contribution in [-0.2, 0) is 4.79 Å². The van der Waals surface area contributed by atoms with Crippen molar-refractivity contribution in [3.63, 3.8) is 0 Å². The van der Waals surface area contributed by atoms with E-state index in [1.54, 1.807) is 28.9 Å². The fourth-order valence-electron chi connectivity index (χ4n) is 2.35. The van der Waals surface area contributed by atoms with E-state index in [9.17, 15) is 9.59 Å². The number of amides is 2. The van der Waals surface area contributed by atoms with Gasteiger partial charge in [0.05, 0.1) is 11.4 Å². The summed E-state index contributed by atoms with van der Waals surface area (Å²) in [6.45, 7) is 3.99. The molecule has 8 nitrogen and oxygen atoms in total. The van der Waals surface area contributed by atoms with Gasteiger partial charge in [-0.15, -0.1) is 5.10 Å². The largest absolute Gasteiger partial charge is 0.272 e. The van der Waals surface area contributed by atoms with Crippen LogP contribution in [0.25, 0.3) is 5.69 Å². The van der Waals surface area contributed by atoms with E-state index < -0.39 is 5.91 Å². The van der Waals surface area contributed by atoms with Crippen LogP contribution < -0.4 is 10.9 Å². The number of carbonyl (C=O) groups excluding carboxylic acids is 2. The average Bonchev–Trinajstić information content (AvgIpc) is 3.15. The molecule has 2 aromatic carbocycles. The van der Waals surface area contributed by atoms with E-state index in [0.29, 0.717) is 15.7 Å². The fourth-order valence-corrected chi connectivity index (χ4v) is 3.16. The highest BCUT2D eigenvalue weighted by Gasteiger charge is 2.14. The molecule has 0 spiro atoms. The van der Waals surface area contributed by atoms with Crippen molar-refractivity contribution >= 4 is 35.2 Å². The Morgan fingerprint density at radius 2 is 1.86 bits per heavy atom. The lowest BCUT2D eigenvalue weighted by Crippen LogP contribution is -2.42. The SMILES string of the molecule is Cc1cccc(-n2nnnc2SCC(=O)NNC(=O)c2ccc(Cl)cc2)c1C. The lowest BCUT2D eigenvalue weighted by atomic mass is 10.1. The monoisotopic (exact) mass is 416 g/mol. The maximum absolute atomic E-state index is 12.1. The Labute approximate surface area is 170 Å². The van der Waals surface area contributed by atoms with Crippen LogP contribution >= 0.6 is 23.4 Å². The number of benzene rings is 2. The molecular weight excluding hydrogens is 400 g/mol. The molecule has 2 amide bonds. The number of aromatic nitrogens is 4. The summed E-state index contributed by atoms with van der Waals surface area (Å²) in [6.07, 6.45) is 0. The molecule has 0 aliphatic carbocycles. The van der Waals surface area contributed by atoms with Gasteiger partial charge in [0, 0.05) is 10.6 Å². The molecule has 144 valence electrons. The Morgan fingerprint density at radius 1 is 1.11 bits per heavy atom. The van der Waals surface area contributed by atoms with Gasteiger partial charge in [-0.25, -0.2) is 0 Å². The van der Waals surface area contributed by atoms with Crippen molar-refractivity contribution in [2.45, 2.75) is 19.0 Å². The summed E-state index contributed by atoms with van der Waals surface area (Å²) in [5.41, 5.74) is 8.13. The van der Waals surface area contributed by atoms with Crippen LogP contribution in [0, 0.1) is 13.8 Å². The number of halogens is 1. The molecule has 1 heterocycles. The molecule has 0 bridgehead atoms. The Bertz CT molecular complexity index is 1010. The predicted octanol–water partition coefficient (Wildman–Crippen LogP) is 2.49. The predicted molar refractivity (Wildman–Crippen MR) is 106 cm³/mol. The Balaban J connectivity index is 1.57. The molecule has 0 fully saturated rings. The first-order valence-corrected chi connectivity index (χ1v) is 9.64. The zero-order chi connectivity index (χ0) is 20.1. The van der Waals surface area contributed by atoms with E-state index in [2.05, 4.69) is 26.4 Å². The van der Waals surface area contributed by atoms with Gasteiger partial charge in [-0.1, -0.05) is 35.5 Å². The summed E-state index contributed by atoms with van der Waals surface area (Å²) in [4.78, 5) is 24.0. The number of thioether (sulfide) groups is 1. The summed E-state index contributed by atoms with van der Waals surface area (Å²) >= 11 is 6.95. The molecule has 0 radical (unpaired) electrons. The topological polar surface area (TPSA) is 102 Å². The summed E-state index contributed by atoms with van der Waals surface area (Å²) in [5.74, 6) is -0.787. The number of tetrazole rings is 1. The highest BCUT2D eigenvalue weighted by molar-refractivity contribution is 7.99. The van der Waals surface area contributed by atoms with Gasteiger partial charge in [0.15, 0.2) is 0 Å². The van der Waals surface area contributed by atoms with E-state index in [1.165, 1.54) is 11.8 Å². The number of rotatable bonds is 5. The molecule has 0 saturated heterocycles. The van der Waals surface area contributed by atoms with Gasteiger partial charge in [-0.05, 0) is 65.7 Å². The lowest BCUT2D eigenvalue weighted by molar-refractivity contribution is -0.119.